The van der Waals surface area contributed by atoms with Gasteiger partial charge in [-0.25, -0.2) is 0 Å². The summed E-state index contributed by atoms with van der Waals surface area (Å²) in [5, 5.41) is 0. The van der Waals surface area contributed by atoms with Crippen LogP contribution in [0.15, 0.2) is 12.2 Å². The van der Waals surface area contributed by atoms with Crippen molar-refractivity contribution in [2.45, 2.75) is 45.6 Å². The fourth-order valence-corrected chi connectivity index (χ4v) is 1.12. The topological polar surface area (TPSA) is 38.0 Å². The van der Waals surface area contributed by atoms with E-state index in [-0.39, 0.29) is 0 Å². The average Bonchev–Trinajstić information content (AvgIpc) is 1.97. The molecule has 0 amide bonds. The van der Waals surface area contributed by atoms with Crippen LogP contribution in [0.1, 0.15) is 39.5 Å². The van der Waals surface area contributed by atoms with Gasteiger partial charge in [0, 0.05) is 6.04 Å². The van der Waals surface area contributed by atoms with E-state index in [1.54, 1.807) is 0 Å². The third-order valence-corrected chi connectivity index (χ3v) is 1.74. The summed E-state index contributed by atoms with van der Waals surface area (Å²) in [5.74, 6) is 5.37. The van der Waals surface area contributed by atoms with Crippen molar-refractivity contribution in [3.63, 3.8) is 0 Å². The highest BCUT2D eigenvalue weighted by Crippen LogP contribution is 2.08. The van der Waals surface area contributed by atoms with E-state index in [1.807, 2.05) is 6.92 Å². The lowest BCUT2D eigenvalue weighted by Crippen LogP contribution is -2.35. The van der Waals surface area contributed by atoms with Gasteiger partial charge in [-0.3, -0.25) is 11.3 Å². The second-order valence-corrected chi connectivity index (χ2v) is 3.17. The summed E-state index contributed by atoms with van der Waals surface area (Å²) < 4.78 is 0. The molecule has 2 nitrogen and oxygen atoms in total. The molecule has 0 bridgehead atoms. The van der Waals surface area contributed by atoms with Crippen molar-refractivity contribution in [1.82, 2.24) is 5.43 Å². The maximum absolute atomic E-state index is 5.37. The maximum atomic E-state index is 5.37. The molecule has 0 aromatic heterocycles. The molecular formula is C9H20N2. The van der Waals surface area contributed by atoms with Crippen molar-refractivity contribution in [3.05, 3.63) is 12.2 Å². The van der Waals surface area contributed by atoms with Crippen LogP contribution < -0.4 is 11.3 Å². The van der Waals surface area contributed by atoms with E-state index in [2.05, 4.69) is 18.9 Å². The Morgan fingerprint density at radius 3 is 2.64 bits per heavy atom. The Labute approximate surface area is 69.8 Å². The van der Waals surface area contributed by atoms with Crippen molar-refractivity contribution in [2.75, 3.05) is 0 Å². The lowest BCUT2D eigenvalue weighted by atomic mass is 10.0. The Kier molecular flexibility index (Phi) is 6.18. The molecule has 0 saturated heterocycles. The highest BCUT2D eigenvalue weighted by molar-refractivity contribution is 4.92. The molecule has 0 aliphatic rings. The zero-order valence-electron chi connectivity index (χ0n) is 7.69. The van der Waals surface area contributed by atoms with Gasteiger partial charge < -0.3 is 0 Å². The molecule has 0 fully saturated rings. The number of hydrogen-bond donors (Lipinski definition) is 2. The second kappa shape index (κ2) is 6.38. The molecule has 0 saturated carbocycles. The molecule has 0 rings (SSSR count). The molecule has 0 aliphatic heterocycles. The Balaban J connectivity index is 3.49. The molecule has 66 valence electrons. The van der Waals surface area contributed by atoms with Crippen molar-refractivity contribution in [2.24, 2.45) is 5.84 Å². The summed E-state index contributed by atoms with van der Waals surface area (Å²) in [4.78, 5) is 0. The van der Waals surface area contributed by atoms with Gasteiger partial charge in [0.05, 0.1) is 0 Å². The molecule has 3 N–H and O–H groups in total. The highest BCUT2D eigenvalue weighted by Gasteiger charge is 2.04. The quantitative estimate of drug-likeness (QED) is 0.350. The Hall–Kier alpha value is -0.340. The monoisotopic (exact) mass is 156 g/mol. The van der Waals surface area contributed by atoms with E-state index in [4.69, 9.17) is 5.84 Å². The first-order valence-electron chi connectivity index (χ1n) is 4.31. The Morgan fingerprint density at radius 2 is 2.27 bits per heavy atom. The molecule has 2 heteroatoms. The standard InChI is InChI=1S/C9H20N2/c1-4-5-6-9(11-10)7-8(2)3/h9,11H,2,4-7,10H2,1,3H3. The molecule has 0 spiro atoms. The molecule has 1 unspecified atom stereocenters. The Bertz CT molecular complexity index is 110. The van der Waals surface area contributed by atoms with Gasteiger partial charge in [0.25, 0.3) is 0 Å². The summed E-state index contributed by atoms with van der Waals surface area (Å²) in [7, 11) is 0. The van der Waals surface area contributed by atoms with Crippen molar-refractivity contribution < 1.29 is 0 Å². The van der Waals surface area contributed by atoms with Gasteiger partial charge in [0.15, 0.2) is 0 Å². The molecule has 0 aliphatic carbocycles. The fraction of sp³-hybridized carbons (Fsp3) is 0.778. The summed E-state index contributed by atoms with van der Waals surface area (Å²) in [5.41, 5.74) is 4.01. The van der Waals surface area contributed by atoms with E-state index in [1.165, 1.54) is 18.4 Å². The van der Waals surface area contributed by atoms with Crippen LogP contribution in [0.4, 0.5) is 0 Å². The maximum Gasteiger partial charge on any atom is 0.0247 e. The molecule has 0 radical (unpaired) electrons. The lowest BCUT2D eigenvalue weighted by Gasteiger charge is -2.14. The number of unbranched alkanes of at least 4 members (excludes halogenated alkanes) is 1. The molecular weight excluding hydrogens is 136 g/mol. The van der Waals surface area contributed by atoms with E-state index in [9.17, 15) is 0 Å². The van der Waals surface area contributed by atoms with Crippen LogP contribution in [-0.4, -0.2) is 6.04 Å². The number of hydrogen-bond acceptors (Lipinski definition) is 2. The molecule has 1 atom stereocenters. The summed E-state index contributed by atoms with van der Waals surface area (Å²) >= 11 is 0. The van der Waals surface area contributed by atoms with Gasteiger partial charge in [-0.15, -0.1) is 6.58 Å². The summed E-state index contributed by atoms with van der Waals surface area (Å²) in [6, 6.07) is 0.424. The van der Waals surface area contributed by atoms with Crippen LogP contribution in [0.2, 0.25) is 0 Å². The van der Waals surface area contributed by atoms with Crippen LogP contribution in [0.5, 0.6) is 0 Å². The highest BCUT2D eigenvalue weighted by atomic mass is 15.2. The van der Waals surface area contributed by atoms with Gasteiger partial charge in [-0.2, -0.15) is 0 Å². The number of nitrogens with two attached hydrogens (primary N) is 1. The van der Waals surface area contributed by atoms with Crippen LogP contribution in [-0.2, 0) is 0 Å². The first-order chi connectivity index (χ1) is 5.20. The molecule has 0 heterocycles. The SMILES string of the molecule is C=C(C)CC(CCCC)NN. The zero-order chi connectivity index (χ0) is 8.69. The first-order valence-corrected chi connectivity index (χ1v) is 4.31. The van der Waals surface area contributed by atoms with Crippen molar-refractivity contribution in [1.29, 1.82) is 0 Å². The van der Waals surface area contributed by atoms with Crippen LogP contribution in [0.3, 0.4) is 0 Å². The van der Waals surface area contributed by atoms with E-state index >= 15 is 0 Å². The number of rotatable bonds is 6. The Morgan fingerprint density at radius 1 is 1.64 bits per heavy atom. The van der Waals surface area contributed by atoms with Gasteiger partial charge in [0.2, 0.25) is 0 Å². The summed E-state index contributed by atoms with van der Waals surface area (Å²) in [6.45, 7) is 8.08. The molecule has 0 aromatic carbocycles. The fourth-order valence-electron chi connectivity index (χ4n) is 1.12. The van der Waals surface area contributed by atoms with Gasteiger partial charge >= 0.3 is 0 Å². The normalized spacial score (nSPS) is 13.0. The van der Waals surface area contributed by atoms with E-state index < -0.39 is 0 Å². The summed E-state index contributed by atoms with van der Waals surface area (Å²) in [6.07, 6.45) is 4.62. The lowest BCUT2D eigenvalue weighted by molar-refractivity contribution is 0.472. The average molecular weight is 156 g/mol. The van der Waals surface area contributed by atoms with Crippen LogP contribution in [0.25, 0.3) is 0 Å². The predicted octanol–water partition coefficient (Wildman–Crippen LogP) is 1.97. The molecule has 0 aromatic rings. The smallest absolute Gasteiger partial charge is 0.0247 e. The largest absolute Gasteiger partial charge is 0.271 e. The van der Waals surface area contributed by atoms with Gasteiger partial charge in [-0.1, -0.05) is 25.3 Å². The van der Waals surface area contributed by atoms with Crippen molar-refractivity contribution in [3.8, 4) is 0 Å². The third-order valence-electron chi connectivity index (χ3n) is 1.74. The zero-order valence-corrected chi connectivity index (χ0v) is 7.69. The van der Waals surface area contributed by atoms with Crippen molar-refractivity contribution >= 4 is 0 Å². The number of hydrazine groups is 1. The minimum Gasteiger partial charge on any atom is -0.271 e. The predicted molar refractivity (Wildman–Crippen MR) is 50.1 cm³/mol. The van der Waals surface area contributed by atoms with E-state index in [0.717, 1.165) is 12.8 Å². The van der Waals surface area contributed by atoms with Crippen LogP contribution in [0, 0.1) is 0 Å². The number of nitrogens with one attached hydrogen (secondary N) is 1. The molecule has 11 heavy (non-hydrogen) atoms. The first kappa shape index (κ1) is 10.7. The van der Waals surface area contributed by atoms with Crippen LogP contribution >= 0.6 is 0 Å². The third kappa shape index (κ3) is 6.07. The van der Waals surface area contributed by atoms with Gasteiger partial charge in [-0.05, 0) is 19.8 Å². The minimum atomic E-state index is 0.424. The van der Waals surface area contributed by atoms with E-state index in [0.29, 0.717) is 6.04 Å². The minimum absolute atomic E-state index is 0.424. The second-order valence-electron chi connectivity index (χ2n) is 3.17. The van der Waals surface area contributed by atoms with Gasteiger partial charge in [0.1, 0.15) is 0 Å².